The molecule has 0 aliphatic carbocycles. The Morgan fingerprint density at radius 1 is 1.42 bits per heavy atom. The highest BCUT2D eigenvalue weighted by molar-refractivity contribution is 7.12. The first-order chi connectivity index (χ1) is 9.13. The van der Waals surface area contributed by atoms with Crippen LogP contribution in [0, 0.1) is 6.92 Å². The minimum atomic E-state index is -0.777. The highest BCUT2D eigenvalue weighted by atomic mass is 32.1. The molecular formula is C13H16N2O2S2. The number of thiazole rings is 1. The molecular weight excluding hydrogens is 280 g/mol. The van der Waals surface area contributed by atoms with Gasteiger partial charge in [-0.2, -0.15) is 0 Å². The normalized spacial score (nSPS) is 10.8. The average molecular weight is 296 g/mol. The van der Waals surface area contributed by atoms with Crippen molar-refractivity contribution in [1.29, 1.82) is 0 Å². The third-order valence-corrected chi connectivity index (χ3v) is 4.64. The molecule has 0 saturated heterocycles. The van der Waals surface area contributed by atoms with Gasteiger partial charge in [-0.15, -0.1) is 22.7 Å². The summed E-state index contributed by atoms with van der Waals surface area (Å²) in [6.07, 6.45) is 1.05. The largest absolute Gasteiger partial charge is 0.481 e. The van der Waals surface area contributed by atoms with Gasteiger partial charge in [-0.1, -0.05) is 0 Å². The molecule has 0 unspecified atom stereocenters. The summed E-state index contributed by atoms with van der Waals surface area (Å²) in [6.45, 7) is 3.68. The van der Waals surface area contributed by atoms with E-state index in [1.54, 1.807) is 22.7 Å². The molecule has 2 N–H and O–H groups in total. The lowest BCUT2D eigenvalue weighted by Crippen LogP contribution is -2.15. The van der Waals surface area contributed by atoms with Gasteiger partial charge in [0, 0.05) is 40.3 Å². The monoisotopic (exact) mass is 296 g/mol. The zero-order valence-corrected chi connectivity index (χ0v) is 12.3. The maximum absolute atomic E-state index is 10.6. The van der Waals surface area contributed by atoms with E-state index in [-0.39, 0.29) is 6.42 Å². The topological polar surface area (TPSA) is 62.2 Å². The summed E-state index contributed by atoms with van der Waals surface area (Å²) in [7, 11) is 0. The summed E-state index contributed by atoms with van der Waals surface area (Å²) in [4.78, 5) is 17.1. The van der Waals surface area contributed by atoms with Crippen molar-refractivity contribution >= 4 is 28.6 Å². The second-order valence-electron chi connectivity index (χ2n) is 4.25. The number of aryl methyl sites for hydroxylation is 1. The molecule has 2 rings (SSSR count). The van der Waals surface area contributed by atoms with E-state index in [2.05, 4.69) is 15.7 Å². The SMILES string of the molecule is Cc1csc(CCNCc2ccc(CC(=O)O)s2)n1. The highest BCUT2D eigenvalue weighted by Gasteiger charge is 2.04. The Labute approximate surface area is 120 Å². The quantitative estimate of drug-likeness (QED) is 0.771. The van der Waals surface area contributed by atoms with Crippen LogP contribution in [0.5, 0.6) is 0 Å². The van der Waals surface area contributed by atoms with Crippen molar-refractivity contribution in [2.45, 2.75) is 26.3 Å². The first kappa shape index (κ1) is 14.2. The van der Waals surface area contributed by atoms with E-state index in [0.717, 1.165) is 35.1 Å². The molecule has 19 heavy (non-hydrogen) atoms. The number of aliphatic carboxylic acids is 1. The molecule has 2 aromatic heterocycles. The van der Waals surface area contributed by atoms with Crippen LogP contribution in [0.15, 0.2) is 17.5 Å². The summed E-state index contributed by atoms with van der Waals surface area (Å²) < 4.78 is 0. The zero-order valence-electron chi connectivity index (χ0n) is 10.7. The second kappa shape index (κ2) is 6.79. The molecule has 0 saturated carbocycles. The van der Waals surface area contributed by atoms with Gasteiger partial charge in [0.1, 0.15) is 0 Å². The van der Waals surface area contributed by atoms with Gasteiger partial charge in [0.2, 0.25) is 0 Å². The predicted octanol–water partition coefficient (Wildman–Crippen LogP) is 2.47. The third-order valence-electron chi connectivity index (χ3n) is 2.52. The number of carboxylic acid groups (broad SMARTS) is 1. The fourth-order valence-corrected chi connectivity index (χ4v) is 3.44. The van der Waals surface area contributed by atoms with E-state index in [4.69, 9.17) is 5.11 Å². The number of rotatable bonds is 7. The molecule has 0 aliphatic heterocycles. The summed E-state index contributed by atoms with van der Waals surface area (Å²) >= 11 is 3.25. The van der Waals surface area contributed by atoms with Crippen LogP contribution in [0.25, 0.3) is 0 Å². The Morgan fingerprint density at radius 2 is 2.21 bits per heavy atom. The van der Waals surface area contributed by atoms with Gasteiger partial charge < -0.3 is 10.4 Å². The van der Waals surface area contributed by atoms with Gasteiger partial charge in [-0.3, -0.25) is 4.79 Å². The van der Waals surface area contributed by atoms with Gasteiger partial charge in [-0.05, 0) is 19.1 Å². The Kier molecular flexibility index (Phi) is 5.07. The van der Waals surface area contributed by atoms with Gasteiger partial charge in [0.05, 0.1) is 11.4 Å². The number of aromatic nitrogens is 1. The molecule has 0 spiro atoms. The predicted molar refractivity (Wildman–Crippen MR) is 77.9 cm³/mol. The lowest BCUT2D eigenvalue weighted by molar-refractivity contribution is -0.136. The van der Waals surface area contributed by atoms with Crippen molar-refractivity contribution in [3.8, 4) is 0 Å². The first-order valence-corrected chi connectivity index (χ1v) is 7.74. The molecule has 6 heteroatoms. The van der Waals surface area contributed by atoms with E-state index in [1.807, 2.05) is 19.1 Å². The van der Waals surface area contributed by atoms with E-state index >= 15 is 0 Å². The van der Waals surface area contributed by atoms with Crippen molar-refractivity contribution in [2.75, 3.05) is 6.54 Å². The van der Waals surface area contributed by atoms with Gasteiger partial charge in [-0.25, -0.2) is 4.98 Å². The van der Waals surface area contributed by atoms with Crippen LogP contribution in [0.4, 0.5) is 0 Å². The third kappa shape index (κ3) is 4.74. The lowest BCUT2D eigenvalue weighted by atomic mass is 10.3. The fraction of sp³-hybridized carbons (Fsp3) is 0.385. The Morgan fingerprint density at radius 3 is 2.89 bits per heavy atom. The number of carboxylic acids is 1. The summed E-state index contributed by atoms with van der Waals surface area (Å²) in [5.41, 5.74) is 1.08. The van der Waals surface area contributed by atoms with Crippen molar-refractivity contribution in [3.05, 3.63) is 38.0 Å². The van der Waals surface area contributed by atoms with Gasteiger partial charge in [0.15, 0.2) is 0 Å². The molecule has 4 nitrogen and oxygen atoms in total. The fourth-order valence-electron chi connectivity index (χ4n) is 1.69. The van der Waals surface area contributed by atoms with Crippen molar-refractivity contribution in [1.82, 2.24) is 10.3 Å². The van der Waals surface area contributed by atoms with Crippen molar-refractivity contribution in [2.24, 2.45) is 0 Å². The molecule has 2 heterocycles. The first-order valence-electron chi connectivity index (χ1n) is 6.04. The number of hydrogen-bond donors (Lipinski definition) is 2. The molecule has 0 atom stereocenters. The van der Waals surface area contributed by atoms with E-state index in [0.29, 0.717) is 0 Å². The van der Waals surface area contributed by atoms with Gasteiger partial charge in [0.25, 0.3) is 0 Å². The van der Waals surface area contributed by atoms with E-state index < -0.39 is 5.97 Å². The number of nitrogens with zero attached hydrogens (tertiary/aromatic N) is 1. The Hall–Kier alpha value is -1.24. The van der Waals surface area contributed by atoms with Crippen LogP contribution in [0.2, 0.25) is 0 Å². The summed E-state index contributed by atoms with van der Waals surface area (Å²) in [6, 6.07) is 3.88. The minimum absolute atomic E-state index is 0.114. The highest BCUT2D eigenvalue weighted by Crippen LogP contribution is 2.17. The molecule has 2 aromatic rings. The molecule has 0 radical (unpaired) electrons. The maximum atomic E-state index is 10.6. The molecule has 0 bridgehead atoms. The van der Waals surface area contributed by atoms with E-state index in [1.165, 1.54) is 4.88 Å². The van der Waals surface area contributed by atoms with Crippen LogP contribution in [0.1, 0.15) is 20.5 Å². The molecule has 0 aromatic carbocycles. The summed E-state index contributed by atoms with van der Waals surface area (Å²) in [5.74, 6) is -0.777. The minimum Gasteiger partial charge on any atom is -0.481 e. The number of hydrogen-bond acceptors (Lipinski definition) is 5. The van der Waals surface area contributed by atoms with E-state index in [9.17, 15) is 4.79 Å². The number of carbonyl (C=O) groups is 1. The zero-order chi connectivity index (χ0) is 13.7. The number of nitrogens with one attached hydrogen (secondary N) is 1. The van der Waals surface area contributed by atoms with Crippen LogP contribution in [-0.4, -0.2) is 22.6 Å². The lowest BCUT2D eigenvalue weighted by Gasteiger charge is -2.00. The molecule has 0 amide bonds. The van der Waals surface area contributed by atoms with Crippen molar-refractivity contribution < 1.29 is 9.90 Å². The molecule has 102 valence electrons. The van der Waals surface area contributed by atoms with Gasteiger partial charge >= 0.3 is 5.97 Å². The average Bonchev–Trinajstić information content (AvgIpc) is 2.94. The Bertz CT molecular complexity index is 548. The number of thiophene rings is 1. The van der Waals surface area contributed by atoms with Crippen LogP contribution in [0.3, 0.4) is 0 Å². The smallest absolute Gasteiger partial charge is 0.308 e. The molecule has 0 aliphatic rings. The molecule has 0 fully saturated rings. The van der Waals surface area contributed by atoms with Crippen LogP contribution < -0.4 is 5.32 Å². The standard InChI is InChI=1S/C13H16N2O2S2/c1-9-8-18-12(15-9)4-5-14-7-11-3-2-10(19-11)6-13(16)17/h2-3,8,14H,4-7H2,1H3,(H,16,17). The second-order valence-corrected chi connectivity index (χ2v) is 6.44. The van der Waals surface area contributed by atoms with Crippen LogP contribution in [-0.2, 0) is 24.2 Å². The van der Waals surface area contributed by atoms with Crippen LogP contribution >= 0.6 is 22.7 Å². The van der Waals surface area contributed by atoms with Crippen molar-refractivity contribution in [3.63, 3.8) is 0 Å². The maximum Gasteiger partial charge on any atom is 0.308 e. The summed E-state index contributed by atoms with van der Waals surface area (Å²) in [5, 5.41) is 15.3. The Balaban J connectivity index is 1.70.